The smallest absolute Gasteiger partial charge is 0.150 e. The predicted octanol–water partition coefficient (Wildman–Crippen LogP) is 2.10. The maximum atomic E-state index is 11.5. The van der Waals surface area contributed by atoms with E-state index in [4.69, 9.17) is 0 Å². The molecule has 14 heavy (non-hydrogen) atoms. The topological polar surface area (TPSA) is 34.1 Å². The van der Waals surface area contributed by atoms with Crippen molar-refractivity contribution < 1.29 is 8.42 Å². The summed E-state index contributed by atoms with van der Waals surface area (Å²) in [6.45, 7) is 4.52. The van der Waals surface area contributed by atoms with Gasteiger partial charge in [-0.2, -0.15) is 0 Å². The second-order valence-corrected chi connectivity index (χ2v) is 7.57. The van der Waals surface area contributed by atoms with Crippen LogP contribution in [-0.2, 0) is 9.84 Å². The summed E-state index contributed by atoms with van der Waals surface area (Å²) in [6.07, 6.45) is 3.54. The minimum absolute atomic E-state index is 0.473. The van der Waals surface area contributed by atoms with Gasteiger partial charge in [-0.15, -0.1) is 0 Å². The standard InChI is InChI=1S/C11H20O2S/c1-8(2)9-3-4-10-6-14(12,13)7-11(10)5-9/h8-11H,3-7H2,1-2H3. The number of hydrogen-bond acceptors (Lipinski definition) is 2. The van der Waals surface area contributed by atoms with Crippen molar-refractivity contribution in [3.63, 3.8) is 0 Å². The van der Waals surface area contributed by atoms with Crippen LogP contribution in [0.5, 0.6) is 0 Å². The van der Waals surface area contributed by atoms with Crippen LogP contribution in [0.2, 0.25) is 0 Å². The molecule has 2 rings (SSSR count). The SMILES string of the molecule is CC(C)C1CCC2CS(=O)(=O)CC2C1. The van der Waals surface area contributed by atoms with Gasteiger partial charge in [0.15, 0.2) is 9.84 Å². The second-order valence-electron chi connectivity index (χ2n) is 5.41. The molecule has 0 spiro atoms. The largest absolute Gasteiger partial charge is 0.229 e. The molecular weight excluding hydrogens is 196 g/mol. The molecule has 3 atom stereocenters. The monoisotopic (exact) mass is 216 g/mol. The summed E-state index contributed by atoms with van der Waals surface area (Å²) < 4.78 is 22.9. The van der Waals surface area contributed by atoms with Crippen LogP contribution in [0.3, 0.4) is 0 Å². The average molecular weight is 216 g/mol. The van der Waals surface area contributed by atoms with Crippen molar-refractivity contribution in [2.75, 3.05) is 11.5 Å². The highest BCUT2D eigenvalue weighted by Crippen LogP contribution is 2.42. The van der Waals surface area contributed by atoms with Gasteiger partial charge in [-0.3, -0.25) is 0 Å². The Morgan fingerprint density at radius 3 is 2.36 bits per heavy atom. The van der Waals surface area contributed by atoms with Crippen LogP contribution in [0.4, 0.5) is 0 Å². The first kappa shape index (κ1) is 10.5. The Bertz CT molecular complexity index is 305. The Hall–Kier alpha value is -0.0500. The van der Waals surface area contributed by atoms with E-state index < -0.39 is 9.84 Å². The fourth-order valence-electron chi connectivity index (χ4n) is 3.11. The number of rotatable bonds is 1. The molecule has 0 N–H and O–H groups in total. The summed E-state index contributed by atoms with van der Waals surface area (Å²) >= 11 is 0. The van der Waals surface area contributed by atoms with Crippen molar-refractivity contribution >= 4 is 9.84 Å². The molecule has 0 amide bonds. The van der Waals surface area contributed by atoms with Crippen LogP contribution >= 0.6 is 0 Å². The van der Waals surface area contributed by atoms with E-state index in [1.165, 1.54) is 6.42 Å². The zero-order valence-corrected chi connectivity index (χ0v) is 9.89. The molecule has 0 aromatic heterocycles. The second kappa shape index (κ2) is 3.51. The first-order valence-electron chi connectivity index (χ1n) is 5.68. The zero-order chi connectivity index (χ0) is 10.3. The van der Waals surface area contributed by atoms with Gasteiger partial charge in [0.25, 0.3) is 0 Å². The van der Waals surface area contributed by atoms with Crippen molar-refractivity contribution in [1.29, 1.82) is 0 Å². The van der Waals surface area contributed by atoms with Crippen LogP contribution in [0.15, 0.2) is 0 Å². The Morgan fingerprint density at radius 2 is 1.71 bits per heavy atom. The Kier molecular flexibility index (Phi) is 2.63. The normalized spacial score (nSPS) is 41.2. The molecule has 1 heterocycles. The molecule has 0 bridgehead atoms. The van der Waals surface area contributed by atoms with E-state index in [1.807, 2.05) is 0 Å². The predicted molar refractivity (Wildman–Crippen MR) is 57.8 cm³/mol. The van der Waals surface area contributed by atoms with Crippen molar-refractivity contribution in [2.45, 2.75) is 33.1 Å². The summed E-state index contributed by atoms with van der Waals surface area (Å²) in [4.78, 5) is 0. The molecule has 1 saturated carbocycles. The molecule has 2 aliphatic rings. The maximum Gasteiger partial charge on any atom is 0.150 e. The third-order valence-electron chi connectivity index (χ3n) is 4.06. The van der Waals surface area contributed by atoms with E-state index in [0.29, 0.717) is 23.3 Å². The average Bonchev–Trinajstić information content (AvgIpc) is 2.36. The molecule has 0 radical (unpaired) electrons. The summed E-state index contributed by atoms with van der Waals surface area (Å²) in [5, 5.41) is 0. The third-order valence-corrected chi connectivity index (χ3v) is 5.93. The lowest BCUT2D eigenvalue weighted by Gasteiger charge is -2.32. The van der Waals surface area contributed by atoms with Crippen molar-refractivity contribution in [3.8, 4) is 0 Å². The molecule has 3 unspecified atom stereocenters. The van der Waals surface area contributed by atoms with E-state index in [-0.39, 0.29) is 0 Å². The van der Waals surface area contributed by atoms with Crippen LogP contribution in [0.25, 0.3) is 0 Å². The first-order valence-corrected chi connectivity index (χ1v) is 7.50. The van der Waals surface area contributed by atoms with Gasteiger partial charge < -0.3 is 0 Å². The molecule has 2 nitrogen and oxygen atoms in total. The summed E-state index contributed by atoms with van der Waals surface area (Å²) in [7, 11) is -2.68. The summed E-state index contributed by atoms with van der Waals surface area (Å²) in [6, 6.07) is 0. The van der Waals surface area contributed by atoms with Crippen molar-refractivity contribution in [3.05, 3.63) is 0 Å². The molecular formula is C11H20O2S. The highest BCUT2D eigenvalue weighted by molar-refractivity contribution is 7.91. The summed E-state index contributed by atoms with van der Waals surface area (Å²) in [5.41, 5.74) is 0. The lowest BCUT2D eigenvalue weighted by atomic mass is 9.72. The van der Waals surface area contributed by atoms with Gasteiger partial charge in [0.2, 0.25) is 0 Å². The Labute approximate surface area is 87.0 Å². The van der Waals surface area contributed by atoms with Crippen LogP contribution < -0.4 is 0 Å². The lowest BCUT2D eigenvalue weighted by molar-refractivity contribution is 0.183. The van der Waals surface area contributed by atoms with Gasteiger partial charge in [0, 0.05) is 0 Å². The van der Waals surface area contributed by atoms with E-state index in [1.54, 1.807) is 0 Å². The van der Waals surface area contributed by atoms with Crippen LogP contribution in [-0.4, -0.2) is 19.9 Å². The highest BCUT2D eigenvalue weighted by Gasteiger charge is 2.41. The minimum atomic E-state index is -2.68. The molecule has 1 saturated heterocycles. The van der Waals surface area contributed by atoms with Gasteiger partial charge >= 0.3 is 0 Å². The van der Waals surface area contributed by atoms with Crippen LogP contribution in [0.1, 0.15) is 33.1 Å². The quantitative estimate of drug-likeness (QED) is 0.672. The maximum absolute atomic E-state index is 11.5. The van der Waals surface area contributed by atoms with Gasteiger partial charge in [-0.05, 0) is 42.9 Å². The Morgan fingerprint density at radius 1 is 1.07 bits per heavy atom. The molecule has 1 aliphatic heterocycles. The molecule has 3 heteroatoms. The number of sulfone groups is 1. The molecule has 1 aliphatic carbocycles. The van der Waals surface area contributed by atoms with Crippen LogP contribution in [0, 0.1) is 23.7 Å². The molecule has 0 aromatic carbocycles. The molecule has 2 fully saturated rings. The number of hydrogen-bond donors (Lipinski definition) is 0. The van der Waals surface area contributed by atoms with Gasteiger partial charge in [-0.25, -0.2) is 8.42 Å². The fraction of sp³-hybridized carbons (Fsp3) is 1.00. The van der Waals surface area contributed by atoms with E-state index >= 15 is 0 Å². The number of fused-ring (bicyclic) bond motifs is 1. The fourth-order valence-corrected chi connectivity index (χ4v) is 5.40. The zero-order valence-electron chi connectivity index (χ0n) is 9.07. The van der Waals surface area contributed by atoms with E-state index in [2.05, 4.69) is 13.8 Å². The van der Waals surface area contributed by atoms with E-state index in [9.17, 15) is 8.42 Å². The third kappa shape index (κ3) is 1.97. The minimum Gasteiger partial charge on any atom is -0.229 e. The van der Waals surface area contributed by atoms with E-state index in [0.717, 1.165) is 24.7 Å². The van der Waals surface area contributed by atoms with Gasteiger partial charge in [-0.1, -0.05) is 13.8 Å². The van der Waals surface area contributed by atoms with Gasteiger partial charge in [0.05, 0.1) is 11.5 Å². The Balaban J connectivity index is 2.05. The molecule has 82 valence electrons. The first-order chi connectivity index (χ1) is 6.48. The highest BCUT2D eigenvalue weighted by atomic mass is 32.2. The van der Waals surface area contributed by atoms with Crippen molar-refractivity contribution in [1.82, 2.24) is 0 Å². The summed E-state index contributed by atoms with van der Waals surface area (Å²) in [5.74, 6) is 3.42. The lowest BCUT2D eigenvalue weighted by Crippen LogP contribution is -2.26. The molecule has 0 aromatic rings. The van der Waals surface area contributed by atoms with Crippen molar-refractivity contribution in [2.24, 2.45) is 23.7 Å². The van der Waals surface area contributed by atoms with Gasteiger partial charge in [0.1, 0.15) is 0 Å².